The Kier molecular flexibility index (Phi) is 4.77. The summed E-state index contributed by atoms with van der Waals surface area (Å²) in [7, 11) is -3.77. The first kappa shape index (κ1) is 17.8. The van der Waals surface area contributed by atoms with E-state index in [-0.39, 0.29) is 15.6 Å². The van der Waals surface area contributed by atoms with E-state index in [9.17, 15) is 8.42 Å². The standard InChI is InChI=1S/C17H14Cl2N2O3S/c1-10-17(20-11(2)24-10)12-3-6-14(7-4-12)25(22,23)21-16-8-5-13(18)9-15(16)19/h3-9,21H,1-2H3. The zero-order valence-corrected chi connectivity index (χ0v) is 15.7. The Morgan fingerprint density at radius 1 is 1.04 bits per heavy atom. The third-order valence-corrected chi connectivity index (χ3v) is 5.45. The Balaban J connectivity index is 1.89. The van der Waals surface area contributed by atoms with Crippen LogP contribution in [0.4, 0.5) is 5.69 Å². The van der Waals surface area contributed by atoms with Crippen LogP contribution in [0.2, 0.25) is 10.0 Å². The highest BCUT2D eigenvalue weighted by Gasteiger charge is 2.17. The van der Waals surface area contributed by atoms with E-state index in [0.717, 1.165) is 5.56 Å². The second-order valence-corrected chi connectivity index (χ2v) is 7.92. The van der Waals surface area contributed by atoms with Gasteiger partial charge in [0.1, 0.15) is 11.5 Å². The molecule has 1 N–H and O–H groups in total. The predicted octanol–water partition coefficient (Wildman–Crippen LogP) is 5.07. The van der Waals surface area contributed by atoms with Gasteiger partial charge in [-0.05, 0) is 37.3 Å². The summed E-state index contributed by atoms with van der Waals surface area (Å²) in [4.78, 5) is 4.41. The van der Waals surface area contributed by atoms with Crippen molar-refractivity contribution in [1.29, 1.82) is 0 Å². The number of anilines is 1. The first-order chi connectivity index (χ1) is 11.8. The molecule has 130 valence electrons. The molecule has 0 fully saturated rings. The van der Waals surface area contributed by atoms with Gasteiger partial charge >= 0.3 is 0 Å². The Bertz CT molecular complexity index is 1030. The molecule has 0 saturated heterocycles. The number of halogens is 2. The molecule has 0 atom stereocenters. The maximum atomic E-state index is 12.5. The van der Waals surface area contributed by atoms with E-state index in [2.05, 4.69) is 9.71 Å². The number of sulfonamides is 1. The van der Waals surface area contributed by atoms with Gasteiger partial charge in [-0.15, -0.1) is 0 Å². The molecule has 0 saturated carbocycles. The number of hydrogen-bond acceptors (Lipinski definition) is 4. The summed E-state index contributed by atoms with van der Waals surface area (Å²) in [6, 6.07) is 10.9. The minimum atomic E-state index is -3.77. The number of rotatable bonds is 4. The van der Waals surface area contributed by atoms with Crippen molar-refractivity contribution in [3.05, 3.63) is 64.2 Å². The summed E-state index contributed by atoms with van der Waals surface area (Å²) >= 11 is 11.8. The van der Waals surface area contributed by atoms with Crippen LogP contribution in [0.1, 0.15) is 11.7 Å². The number of hydrogen-bond donors (Lipinski definition) is 1. The van der Waals surface area contributed by atoms with Crippen LogP contribution in [0.5, 0.6) is 0 Å². The fourth-order valence-corrected chi connectivity index (χ4v) is 3.96. The third-order valence-electron chi connectivity index (χ3n) is 3.52. The molecule has 0 aliphatic carbocycles. The van der Waals surface area contributed by atoms with Crippen molar-refractivity contribution >= 4 is 38.9 Å². The van der Waals surface area contributed by atoms with Crippen molar-refractivity contribution in [1.82, 2.24) is 4.98 Å². The van der Waals surface area contributed by atoms with Gasteiger partial charge < -0.3 is 4.42 Å². The second kappa shape index (κ2) is 6.71. The predicted molar refractivity (Wildman–Crippen MR) is 98.7 cm³/mol. The highest BCUT2D eigenvalue weighted by molar-refractivity contribution is 7.92. The van der Waals surface area contributed by atoms with Gasteiger partial charge in [-0.2, -0.15) is 0 Å². The van der Waals surface area contributed by atoms with Crippen molar-refractivity contribution in [2.24, 2.45) is 0 Å². The lowest BCUT2D eigenvalue weighted by Crippen LogP contribution is -2.13. The lowest BCUT2D eigenvalue weighted by Gasteiger charge is -2.10. The Labute approximate surface area is 155 Å². The topological polar surface area (TPSA) is 72.2 Å². The van der Waals surface area contributed by atoms with E-state index in [0.29, 0.717) is 22.4 Å². The molecule has 2 aromatic carbocycles. The molecule has 0 bridgehead atoms. The largest absolute Gasteiger partial charge is 0.446 e. The molecule has 8 heteroatoms. The zero-order valence-electron chi connectivity index (χ0n) is 13.4. The summed E-state index contributed by atoms with van der Waals surface area (Å²) in [5.41, 5.74) is 1.73. The SMILES string of the molecule is Cc1nc(-c2ccc(S(=O)(=O)Nc3ccc(Cl)cc3Cl)cc2)c(C)o1. The minimum absolute atomic E-state index is 0.111. The average Bonchev–Trinajstić information content (AvgIpc) is 2.89. The quantitative estimate of drug-likeness (QED) is 0.668. The molecule has 0 radical (unpaired) electrons. The molecule has 25 heavy (non-hydrogen) atoms. The highest BCUT2D eigenvalue weighted by Crippen LogP contribution is 2.29. The molecular weight excluding hydrogens is 383 g/mol. The van der Waals surface area contributed by atoms with Gasteiger partial charge in [-0.1, -0.05) is 35.3 Å². The van der Waals surface area contributed by atoms with E-state index in [1.165, 1.54) is 24.3 Å². The van der Waals surface area contributed by atoms with Gasteiger partial charge in [0, 0.05) is 17.5 Å². The molecular formula is C17H14Cl2N2O3S. The number of aromatic nitrogens is 1. The van der Waals surface area contributed by atoms with Gasteiger partial charge in [0.15, 0.2) is 5.89 Å². The normalized spacial score (nSPS) is 11.5. The summed E-state index contributed by atoms with van der Waals surface area (Å²) in [6.45, 7) is 3.57. The first-order valence-corrected chi connectivity index (χ1v) is 9.52. The van der Waals surface area contributed by atoms with Crippen LogP contribution in [0, 0.1) is 13.8 Å². The lowest BCUT2D eigenvalue weighted by molar-refractivity contribution is 0.495. The maximum Gasteiger partial charge on any atom is 0.261 e. The van der Waals surface area contributed by atoms with Crippen LogP contribution in [0.3, 0.4) is 0 Å². The van der Waals surface area contributed by atoms with Crippen LogP contribution in [0.25, 0.3) is 11.3 Å². The molecule has 5 nitrogen and oxygen atoms in total. The van der Waals surface area contributed by atoms with Crippen LogP contribution < -0.4 is 4.72 Å². The number of nitrogens with one attached hydrogen (secondary N) is 1. The maximum absolute atomic E-state index is 12.5. The first-order valence-electron chi connectivity index (χ1n) is 7.28. The third kappa shape index (κ3) is 3.81. The van der Waals surface area contributed by atoms with Crippen molar-refractivity contribution in [2.45, 2.75) is 18.7 Å². The number of oxazole rings is 1. The smallest absolute Gasteiger partial charge is 0.261 e. The Morgan fingerprint density at radius 2 is 1.72 bits per heavy atom. The summed E-state index contributed by atoms with van der Waals surface area (Å²) in [5.74, 6) is 1.24. The lowest BCUT2D eigenvalue weighted by atomic mass is 10.1. The fraction of sp³-hybridized carbons (Fsp3) is 0.118. The molecule has 0 amide bonds. The van der Waals surface area contributed by atoms with Gasteiger partial charge in [0.05, 0.1) is 15.6 Å². The summed E-state index contributed by atoms with van der Waals surface area (Å²) < 4.78 is 32.9. The van der Waals surface area contributed by atoms with Crippen LogP contribution >= 0.6 is 23.2 Å². The average molecular weight is 397 g/mol. The fourth-order valence-electron chi connectivity index (χ4n) is 2.36. The van der Waals surface area contributed by atoms with Gasteiger partial charge in [-0.25, -0.2) is 13.4 Å². The molecule has 0 spiro atoms. The highest BCUT2D eigenvalue weighted by atomic mass is 35.5. The summed E-state index contributed by atoms with van der Waals surface area (Å²) in [6.07, 6.45) is 0. The van der Waals surface area contributed by atoms with Gasteiger partial charge in [0.2, 0.25) is 0 Å². The van der Waals surface area contributed by atoms with E-state index in [1.807, 2.05) is 6.92 Å². The van der Waals surface area contributed by atoms with Crippen molar-refractivity contribution in [3.63, 3.8) is 0 Å². The van der Waals surface area contributed by atoms with Crippen LogP contribution in [-0.4, -0.2) is 13.4 Å². The summed E-state index contributed by atoms with van der Waals surface area (Å²) in [5, 5.41) is 0.650. The van der Waals surface area contributed by atoms with Gasteiger partial charge in [-0.3, -0.25) is 4.72 Å². The monoisotopic (exact) mass is 396 g/mol. The second-order valence-electron chi connectivity index (χ2n) is 5.39. The Hall–Kier alpha value is -2.02. The van der Waals surface area contributed by atoms with E-state index in [4.69, 9.17) is 27.6 Å². The zero-order chi connectivity index (χ0) is 18.2. The molecule has 1 heterocycles. The number of nitrogens with zero attached hydrogens (tertiary/aromatic N) is 1. The molecule has 0 aliphatic rings. The van der Waals surface area contributed by atoms with Gasteiger partial charge in [0.25, 0.3) is 10.0 Å². The van der Waals surface area contributed by atoms with E-state index in [1.54, 1.807) is 25.1 Å². The Morgan fingerprint density at radius 3 is 2.28 bits per heavy atom. The number of benzene rings is 2. The molecule has 0 aliphatic heterocycles. The molecule has 1 aromatic heterocycles. The van der Waals surface area contributed by atoms with Crippen molar-refractivity contribution in [3.8, 4) is 11.3 Å². The van der Waals surface area contributed by atoms with Crippen molar-refractivity contribution < 1.29 is 12.8 Å². The van der Waals surface area contributed by atoms with Crippen LogP contribution in [-0.2, 0) is 10.0 Å². The number of aryl methyl sites for hydroxylation is 2. The molecule has 3 rings (SSSR count). The van der Waals surface area contributed by atoms with E-state index < -0.39 is 10.0 Å². The van der Waals surface area contributed by atoms with Crippen LogP contribution in [0.15, 0.2) is 51.8 Å². The molecule has 3 aromatic rings. The molecule has 0 unspecified atom stereocenters. The van der Waals surface area contributed by atoms with Crippen molar-refractivity contribution in [2.75, 3.05) is 4.72 Å². The van der Waals surface area contributed by atoms with E-state index >= 15 is 0 Å². The minimum Gasteiger partial charge on any atom is -0.446 e.